The quantitative estimate of drug-likeness (QED) is 0.387. The van der Waals surface area contributed by atoms with Crippen LogP contribution in [0.2, 0.25) is 6.32 Å². The van der Waals surface area contributed by atoms with Crippen molar-refractivity contribution in [3.63, 3.8) is 0 Å². The second kappa shape index (κ2) is 5.11. The maximum Gasteiger partial charge on any atom is 0.212 e. The van der Waals surface area contributed by atoms with Gasteiger partial charge in [-0.1, -0.05) is 0 Å². The first-order valence-corrected chi connectivity index (χ1v) is 3.59. The molecule has 2 nitrogen and oxygen atoms in total. The molecule has 1 unspecified atom stereocenters. The van der Waals surface area contributed by atoms with Gasteiger partial charge in [-0.2, -0.15) is 0 Å². The summed E-state index contributed by atoms with van der Waals surface area (Å²) < 4.78 is 0. The summed E-state index contributed by atoms with van der Waals surface area (Å²) in [5.74, 6) is 0.132. The Kier molecular flexibility index (Phi) is 5.09. The van der Waals surface area contributed by atoms with Gasteiger partial charge in [-0.3, -0.25) is 4.79 Å². The Labute approximate surface area is 53.0 Å². The Bertz CT molecular complexity index is 78.4. The normalized spacial score (nSPS) is 8.62. The van der Waals surface area contributed by atoms with Gasteiger partial charge in [-0.05, 0) is 12.5 Å². The summed E-state index contributed by atoms with van der Waals surface area (Å²) in [4.78, 5) is 10.5. The van der Waals surface area contributed by atoms with Gasteiger partial charge < -0.3 is 5.32 Å². The number of hydrogen-bond donors (Lipinski definition) is 1. The van der Waals surface area contributed by atoms with Crippen LogP contribution in [0.15, 0.2) is 0 Å². The van der Waals surface area contributed by atoms with Gasteiger partial charge in [0.1, 0.15) is 7.85 Å². The van der Waals surface area contributed by atoms with Gasteiger partial charge in [-0.15, -0.1) is 9.24 Å². The highest BCUT2D eigenvalue weighted by Gasteiger charge is 1.90. The van der Waals surface area contributed by atoms with Crippen LogP contribution < -0.4 is 5.32 Å². The molecule has 0 rings (SSSR count). The van der Waals surface area contributed by atoms with E-state index < -0.39 is 0 Å². The van der Waals surface area contributed by atoms with Crippen LogP contribution in [0.3, 0.4) is 0 Å². The summed E-state index contributed by atoms with van der Waals surface area (Å²) in [5.41, 5.74) is 0. The van der Waals surface area contributed by atoms with Crippen molar-refractivity contribution in [2.75, 3.05) is 12.7 Å². The number of carbonyl (C=O) groups excluding carboxylic acids is 1. The zero-order valence-corrected chi connectivity index (χ0v) is 6.26. The van der Waals surface area contributed by atoms with Crippen molar-refractivity contribution in [2.24, 2.45) is 0 Å². The highest BCUT2D eigenvalue weighted by molar-refractivity contribution is 7.16. The molecule has 0 aliphatic heterocycles. The summed E-state index contributed by atoms with van der Waals surface area (Å²) in [5, 5.41) is 2.72. The van der Waals surface area contributed by atoms with Crippen LogP contribution in [0, 0.1) is 0 Å². The van der Waals surface area contributed by atoms with Gasteiger partial charge in [-0.25, -0.2) is 0 Å². The minimum atomic E-state index is 0.132. The number of amides is 1. The average molecular weight is 131 g/mol. The second-order valence-electron chi connectivity index (χ2n) is 1.49. The molecule has 1 amide bonds. The summed E-state index contributed by atoms with van der Waals surface area (Å²) in [7, 11) is 4.40. The third kappa shape index (κ3) is 4.13. The Balaban J connectivity index is 2.99. The molecule has 8 heavy (non-hydrogen) atoms. The maximum absolute atomic E-state index is 10.5. The van der Waals surface area contributed by atoms with Crippen LogP contribution >= 0.6 is 9.24 Å². The highest BCUT2D eigenvalue weighted by Crippen LogP contribution is 1.76. The fourth-order valence-electron chi connectivity index (χ4n) is 0.337. The van der Waals surface area contributed by atoms with Crippen molar-refractivity contribution < 1.29 is 4.79 Å². The lowest BCUT2D eigenvalue weighted by atomic mass is 10.1. The van der Waals surface area contributed by atoms with Crippen molar-refractivity contribution in [3.05, 3.63) is 0 Å². The molecule has 0 spiro atoms. The molecule has 0 heterocycles. The van der Waals surface area contributed by atoms with E-state index in [9.17, 15) is 4.79 Å². The minimum absolute atomic E-state index is 0.132. The fourth-order valence-corrected chi connectivity index (χ4v) is 0.481. The number of hydrogen-bond acceptors (Lipinski definition) is 1. The van der Waals surface area contributed by atoms with Gasteiger partial charge in [0, 0.05) is 6.54 Å². The SMILES string of the molecule is BCC(=O)NCCP. The topological polar surface area (TPSA) is 29.1 Å². The molecule has 1 atom stereocenters. The molecule has 0 aliphatic carbocycles. The van der Waals surface area contributed by atoms with Gasteiger partial charge >= 0.3 is 0 Å². The van der Waals surface area contributed by atoms with E-state index in [1.165, 1.54) is 0 Å². The first-order valence-electron chi connectivity index (χ1n) is 2.78. The molecule has 46 valence electrons. The van der Waals surface area contributed by atoms with Crippen molar-refractivity contribution in [1.82, 2.24) is 5.32 Å². The summed E-state index contributed by atoms with van der Waals surface area (Å²) in [6, 6.07) is 0. The lowest BCUT2D eigenvalue weighted by molar-refractivity contribution is -0.118. The van der Waals surface area contributed by atoms with Crippen molar-refractivity contribution in [1.29, 1.82) is 0 Å². The lowest BCUT2D eigenvalue weighted by Gasteiger charge is -1.97. The van der Waals surface area contributed by atoms with Crippen molar-refractivity contribution >= 4 is 23.0 Å². The Hall–Kier alpha value is -0.0351. The van der Waals surface area contributed by atoms with Crippen molar-refractivity contribution in [3.8, 4) is 0 Å². The smallest absolute Gasteiger partial charge is 0.212 e. The van der Waals surface area contributed by atoms with Crippen LogP contribution in [-0.4, -0.2) is 26.5 Å². The van der Waals surface area contributed by atoms with E-state index in [4.69, 9.17) is 0 Å². The molecule has 0 bridgehead atoms. The van der Waals surface area contributed by atoms with Gasteiger partial charge in [0.2, 0.25) is 5.91 Å². The summed E-state index contributed by atoms with van der Waals surface area (Å²) in [6.07, 6.45) is 1.52. The molecular weight excluding hydrogens is 120 g/mol. The number of rotatable bonds is 3. The first kappa shape index (κ1) is 7.96. The van der Waals surface area contributed by atoms with E-state index in [-0.39, 0.29) is 5.91 Å². The van der Waals surface area contributed by atoms with Crippen LogP contribution in [0.25, 0.3) is 0 Å². The van der Waals surface area contributed by atoms with E-state index in [1.807, 2.05) is 7.85 Å². The number of carbonyl (C=O) groups is 1. The van der Waals surface area contributed by atoms with Crippen LogP contribution in [0.4, 0.5) is 0 Å². The molecule has 4 heteroatoms. The van der Waals surface area contributed by atoms with Crippen LogP contribution in [0.5, 0.6) is 0 Å². The Morgan fingerprint density at radius 1 is 1.75 bits per heavy atom. The summed E-state index contributed by atoms with van der Waals surface area (Å²) >= 11 is 0. The molecule has 1 N–H and O–H groups in total. The van der Waals surface area contributed by atoms with E-state index in [0.717, 1.165) is 12.7 Å². The average Bonchev–Trinajstić information content (AvgIpc) is 1.83. The zero-order valence-electron chi connectivity index (χ0n) is 5.11. The molecular formula is C4H11BNOP. The zero-order chi connectivity index (χ0) is 6.41. The maximum atomic E-state index is 10.5. The summed E-state index contributed by atoms with van der Waals surface area (Å²) in [6.45, 7) is 0.775. The largest absolute Gasteiger partial charge is 0.356 e. The van der Waals surface area contributed by atoms with Crippen molar-refractivity contribution in [2.45, 2.75) is 6.32 Å². The predicted molar refractivity (Wildman–Crippen MR) is 40.9 cm³/mol. The molecule has 0 saturated heterocycles. The second-order valence-corrected chi connectivity index (χ2v) is 2.07. The Morgan fingerprint density at radius 3 is 2.75 bits per heavy atom. The van der Waals surface area contributed by atoms with E-state index in [1.54, 1.807) is 0 Å². The third-order valence-corrected chi connectivity index (χ3v) is 1.08. The van der Waals surface area contributed by atoms with Crippen LogP contribution in [-0.2, 0) is 4.79 Å². The van der Waals surface area contributed by atoms with E-state index >= 15 is 0 Å². The lowest BCUT2D eigenvalue weighted by Crippen LogP contribution is -2.24. The molecule has 0 aromatic heterocycles. The molecule has 0 radical (unpaired) electrons. The monoisotopic (exact) mass is 131 g/mol. The van der Waals surface area contributed by atoms with Gasteiger partial charge in [0.25, 0.3) is 0 Å². The molecule has 0 aromatic rings. The Morgan fingerprint density at radius 2 is 2.38 bits per heavy atom. The van der Waals surface area contributed by atoms with E-state index in [2.05, 4.69) is 14.6 Å². The molecule has 0 aromatic carbocycles. The van der Waals surface area contributed by atoms with Gasteiger partial charge in [0.05, 0.1) is 0 Å². The predicted octanol–water partition coefficient (Wildman–Crippen LogP) is -0.971. The number of nitrogens with one attached hydrogen (secondary N) is 1. The third-order valence-electron chi connectivity index (χ3n) is 0.788. The van der Waals surface area contributed by atoms with E-state index in [0.29, 0.717) is 6.32 Å². The van der Waals surface area contributed by atoms with Crippen LogP contribution in [0.1, 0.15) is 0 Å². The minimum Gasteiger partial charge on any atom is -0.356 e. The standard InChI is InChI=1S/C4H11BNOP/c5-3-4(7)6-1-2-8/h1-3,5,8H2,(H,6,7). The molecule has 0 fully saturated rings. The molecule has 0 saturated carbocycles. The molecule has 0 aliphatic rings. The fraction of sp³-hybridized carbons (Fsp3) is 0.750. The van der Waals surface area contributed by atoms with Gasteiger partial charge in [0.15, 0.2) is 0 Å². The first-order chi connectivity index (χ1) is 3.81. The highest BCUT2D eigenvalue weighted by atomic mass is 31.0.